The second kappa shape index (κ2) is 16.4. The largest absolute Gasteiger partial charge is 0.509 e. The molecule has 6 heteroatoms. The van der Waals surface area contributed by atoms with E-state index in [2.05, 4.69) is 221 Å². The van der Waals surface area contributed by atoms with E-state index in [1.165, 1.54) is 27.8 Å². The van der Waals surface area contributed by atoms with Gasteiger partial charge in [-0.15, -0.1) is 48.1 Å². The van der Waals surface area contributed by atoms with Gasteiger partial charge in [-0.3, -0.25) is 0 Å². The van der Waals surface area contributed by atoms with Gasteiger partial charge in [0.25, 0.3) is 0 Å². The number of anilines is 4. The summed E-state index contributed by atoms with van der Waals surface area (Å²) in [6.45, 7) is 17.9. The molecule has 0 N–H and O–H groups in total. The first-order chi connectivity index (χ1) is 29.9. The third kappa shape index (κ3) is 7.85. The van der Waals surface area contributed by atoms with Crippen LogP contribution in [0.1, 0.15) is 58.2 Å². The van der Waals surface area contributed by atoms with Crippen LogP contribution < -0.4 is 14.5 Å². The molecule has 7 aromatic carbocycles. The van der Waals surface area contributed by atoms with Gasteiger partial charge in [0.1, 0.15) is 5.82 Å². The number of ether oxygens (including phenoxy) is 1. The van der Waals surface area contributed by atoms with Crippen LogP contribution in [0.3, 0.4) is 0 Å². The maximum Gasteiger partial charge on any atom is 0.135 e. The van der Waals surface area contributed by atoms with Crippen LogP contribution in [-0.4, -0.2) is 9.55 Å². The van der Waals surface area contributed by atoms with E-state index in [1.807, 2.05) is 24.4 Å². The fourth-order valence-electron chi connectivity index (χ4n) is 8.63. The van der Waals surface area contributed by atoms with E-state index in [0.29, 0.717) is 11.5 Å². The molecular weight excluding hydrogens is 952 g/mol. The van der Waals surface area contributed by atoms with Crippen molar-refractivity contribution in [3.8, 4) is 39.6 Å². The average molecular weight is 1000 g/mol. The van der Waals surface area contributed by atoms with E-state index >= 15 is 0 Å². The molecule has 0 fully saturated rings. The van der Waals surface area contributed by atoms with Gasteiger partial charge in [0.15, 0.2) is 0 Å². The Bertz CT molecular complexity index is 3120. The van der Waals surface area contributed by atoms with Crippen molar-refractivity contribution in [2.24, 2.45) is 0 Å². The molecule has 0 amide bonds. The number of hydrogen-bond donors (Lipinski definition) is 0. The molecule has 2 aromatic heterocycles. The number of fused-ring (bicyclic) bond motifs is 4. The summed E-state index contributed by atoms with van der Waals surface area (Å²) in [4.78, 5) is 9.64. The van der Waals surface area contributed by atoms with E-state index in [4.69, 9.17) is 9.72 Å². The van der Waals surface area contributed by atoms with Gasteiger partial charge in [-0.2, -0.15) is 12.1 Å². The first-order valence-corrected chi connectivity index (χ1v) is 21.4. The van der Waals surface area contributed by atoms with Crippen LogP contribution in [0.15, 0.2) is 164 Å². The fourth-order valence-corrected chi connectivity index (χ4v) is 8.63. The summed E-state index contributed by atoms with van der Waals surface area (Å²) in [5.41, 5.74) is 14.4. The summed E-state index contributed by atoms with van der Waals surface area (Å²) < 4.78 is 8.89. The Hall–Kier alpha value is -6.42. The first kappa shape index (κ1) is 41.9. The summed E-state index contributed by atoms with van der Waals surface area (Å²) in [6, 6.07) is 62.9. The van der Waals surface area contributed by atoms with Crippen LogP contribution in [0.25, 0.3) is 49.9 Å². The number of hydrogen-bond acceptors (Lipinski definition) is 4. The van der Waals surface area contributed by atoms with Crippen LogP contribution in [0, 0.1) is 25.7 Å². The van der Waals surface area contributed by atoms with Gasteiger partial charge >= 0.3 is 0 Å². The van der Waals surface area contributed by atoms with E-state index in [1.54, 1.807) is 0 Å². The zero-order chi connectivity index (χ0) is 42.8. The number of rotatable bonds is 7. The molecule has 1 aliphatic heterocycles. The maximum absolute atomic E-state index is 6.67. The van der Waals surface area contributed by atoms with Gasteiger partial charge in [0, 0.05) is 72.5 Å². The summed E-state index contributed by atoms with van der Waals surface area (Å²) >= 11 is 0. The summed E-state index contributed by atoms with van der Waals surface area (Å²) in [7, 11) is 0. The van der Waals surface area contributed by atoms with Gasteiger partial charge in [0.05, 0.1) is 0 Å². The van der Waals surface area contributed by atoms with Crippen molar-refractivity contribution in [3.63, 3.8) is 0 Å². The average Bonchev–Trinajstić information content (AvgIpc) is 3.82. The summed E-state index contributed by atoms with van der Waals surface area (Å²) in [6.07, 6.45) is 2.03. The van der Waals surface area contributed by atoms with E-state index in [-0.39, 0.29) is 31.9 Å². The van der Waals surface area contributed by atoms with Crippen LogP contribution in [0.5, 0.6) is 11.5 Å². The van der Waals surface area contributed by atoms with Crippen molar-refractivity contribution in [3.05, 3.63) is 199 Å². The van der Waals surface area contributed by atoms with E-state index in [0.717, 1.165) is 61.5 Å². The Morgan fingerprint density at radius 2 is 1.24 bits per heavy atom. The molecule has 0 atom stereocenters. The van der Waals surface area contributed by atoms with Crippen LogP contribution in [-0.2, 0) is 31.9 Å². The molecule has 0 radical (unpaired) electrons. The summed E-state index contributed by atoms with van der Waals surface area (Å²) in [5, 5.41) is 2.22. The second-order valence-electron chi connectivity index (χ2n) is 18.3. The van der Waals surface area contributed by atoms with Crippen molar-refractivity contribution >= 4 is 44.6 Å². The molecule has 0 spiro atoms. The minimum Gasteiger partial charge on any atom is -0.509 e. The summed E-state index contributed by atoms with van der Waals surface area (Å²) in [5.74, 6) is 2.04. The van der Waals surface area contributed by atoms with Crippen LogP contribution in [0.4, 0.5) is 22.7 Å². The molecular formula is C57H49N4OPt-3. The number of nitrogens with zero attached hydrogens (tertiary/aromatic N) is 4. The smallest absolute Gasteiger partial charge is 0.135 e. The molecule has 316 valence electrons. The quantitative estimate of drug-likeness (QED) is 0.149. The van der Waals surface area contributed by atoms with Crippen molar-refractivity contribution < 1.29 is 25.8 Å². The predicted molar refractivity (Wildman–Crippen MR) is 257 cm³/mol. The van der Waals surface area contributed by atoms with Gasteiger partial charge < -0.3 is 19.1 Å². The van der Waals surface area contributed by atoms with E-state index < -0.39 is 0 Å². The minimum absolute atomic E-state index is 0. The third-order valence-corrected chi connectivity index (χ3v) is 11.9. The Balaban J connectivity index is 0.00000504. The Kier molecular flexibility index (Phi) is 10.9. The van der Waals surface area contributed by atoms with E-state index in [9.17, 15) is 0 Å². The Labute approximate surface area is 385 Å². The zero-order valence-corrected chi connectivity index (χ0v) is 39.0. The molecule has 9 aromatic rings. The molecule has 5 nitrogen and oxygen atoms in total. The van der Waals surface area contributed by atoms with Crippen molar-refractivity contribution in [1.82, 2.24) is 9.55 Å². The van der Waals surface area contributed by atoms with Gasteiger partial charge in [-0.05, 0) is 75.7 Å². The molecule has 3 heterocycles. The van der Waals surface area contributed by atoms with Crippen molar-refractivity contribution in [2.45, 2.75) is 59.3 Å². The molecule has 0 bridgehead atoms. The number of aryl methyl sites for hydroxylation is 1. The number of aromatic nitrogens is 2. The molecule has 0 saturated carbocycles. The molecule has 10 rings (SSSR count). The van der Waals surface area contributed by atoms with Crippen molar-refractivity contribution in [1.29, 1.82) is 0 Å². The Morgan fingerprint density at radius 1 is 0.556 bits per heavy atom. The zero-order valence-electron chi connectivity index (χ0n) is 36.7. The second-order valence-corrected chi connectivity index (χ2v) is 18.3. The predicted octanol–water partition coefficient (Wildman–Crippen LogP) is 15.2. The minimum atomic E-state index is -0.125. The number of benzene rings is 7. The topological polar surface area (TPSA) is 33.5 Å². The van der Waals surface area contributed by atoms with Gasteiger partial charge in [-0.1, -0.05) is 150 Å². The normalized spacial score (nSPS) is 12.7. The monoisotopic (exact) mass is 1000 g/mol. The van der Waals surface area contributed by atoms with Crippen molar-refractivity contribution in [2.75, 3.05) is 9.80 Å². The first-order valence-electron chi connectivity index (χ1n) is 21.4. The molecule has 0 unspecified atom stereocenters. The molecule has 1 aliphatic rings. The standard InChI is InChI=1S/C57H49N4O.Pt/c1-38-24-26-40(27-25-38)48-36-58-55(35-49(48)57(5,6)7)61-50-21-12-11-20-46(50)47-31-29-44(34-54(47)61)62-43-19-15-18-42(33-43)59-37-60(52-23-14-13-22-51(52)59)53-32-41(56(2,3)4)28-30-45(53)39-16-9-8-10-17-39;/h8-32,35-37H,1-7H3;/q-3;. The fraction of sp³-hybridized carbons (Fsp3) is 0.158. The van der Waals surface area contributed by atoms with Crippen LogP contribution in [0.2, 0.25) is 0 Å². The van der Waals surface area contributed by atoms with Gasteiger partial charge in [-0.25, -0.2) is 4.98 Å². The SMILES string of the molecule is Cc1ccc(-c2cnc(-n3c4[c-]c(Oc5[c-]c(N6[CH-]N(c7cc(C(C)(C)C)ccc7-c7ccccc7)c7ccccc76)ccc5)ccc4c4ccccc43)cc2C(C)(C)C)cc1.[Pt]. The van der Waals surface area contributed by atoms with Crippen LogP contribution >= 0.6 is 0 Å². The number of pyridine rings is 1. The Morgan fingerprint density at radius 3 is 1.98 bits per heavy atom. The molecule has 63 heavy (non-hydrogen) atoms. The van der Waals surface area contributed by atoms with Gasteiger partial charge in [0.2, 0.25) is 0 Å². The number of para-hydroxylation sites is 3. The maximum atomic E-state index is 6.67. The molecule has 0 aliphatic carbocycles. The third-order valence-electron chi connectivity index (χ3n) is 11.9. The molecule has 0 saturated heterocycles.